The van der Waals surface area contributed by atoms with E-state index in [1.54, 1.807) is 11.3 Å². The fourth-order valence-electron chi connectivity index (χ4n) is 9.48. The molecular weight excluding hydrogens is 464 g/mol. The van der Waals surface area contributed by atoms with Gasteiger partial charge in [0.05, 0.1) is 18.4 Å². The quantitative estimate of drug-likeness (QED) is 0.509. The van der Waals surface area contributed by atoms with Gasteiger partial charge in [-0.3, -0.25) is 4.79 Å². The molecule has 6 fully saturated rings. The summed E-state index contributed by atoms with van der Waals surface area (Å²) < 4.78 is 6.18. The number of aromatic nitrogens is 1. The molecule has 3 saturated heterocycles. The van der Waals surface area contributed by atoms with Crippen LogP contribution < -0.4 is 4.90 Å². The number of hydrogen-bond acceptors (Lipinski definition) is 8. The maximum Gasteiger partial charge on any atom is 0.208 e. The first-order valence-corrected chi connectivity index (χ1v) is 14.1. The molecule has 2 unspecified atom stereocenters. The van der Waals surface area contributed by atoms with Crippen molar-refractivity contribution < 1.29 is 24.9 Å². The van der Waals surface area contributed by atoms with Crippen LogP contribution in [-0.4, -0.2) is 63.8 Å². The van der Waals surface area contributed by atoms with E-state index in [9.17, 15) is 20.1 Å². The van der Waals surface area contributed by atoms with Crippen molar-refractivity contribution in [3.05, 3.63) is 22.7 Å². The molecule has 0 aromatic carbocycles. The van der Waals surface area contributed by atoms with Gasteiger partial charge in [-0.2, -0.15) is 0 Å². The Morgan fingerprint density at radius 2 is 1.83 bits per heavy atom. The third-order valence-corrected chi connectivity index (χ3v) is 11.9. The molecule has 190 valence electrons. The van der Waals surface area contributed by atoms with Crippen molar-refractivity contribution in [1.29, 1.82) is 0 Å². The number of fused-ring (bicyclic) bond motifs is 3. The molecule has 8 rings (SSSR count). The number of Topliss-reactive ketones (excluding diaryl/α,β-unsaturated/α-hetero) is 1. The third kappa shape index (κ3) is 2.38. The van der Waals surface area contributed by atoms with Crippen LogP contribution in [0.3, 0.4) is 0 Å². The van der Waals surface area contributed by atoms with Crippen LogP contribution in [0.15, 0.2) is 12.2 Å². The van der Waals surface area contributed by atoms with Gasteiger partial charge in [0.1, 0.15) is 11.5 Å². The van der Waals surface area contributed by atoms with Crippen LogP contribution in [0.4, 0.5) is 5.13 Å². The Kier molecular flexibility index (Phi) is 4.54. The van der Waals surface area contributed by atoms with Gasteiger partial charge in [0, 0.05) is 35.2 Å². The van der Waals surface area contributed by atoms with Gasteiger partial charge in [-0.05, 0) is 49.0 Å². The number of ether oxygens (including phenoxy) is 1. The first-order chi connectivity index (χ1) is 16.6. The van der Waals surface area contributed by atoms with Gasteiger partial charge in [0.2, 0.25) is 5.79 Å². The molecule has 4 aliphatic carbocycles. The smallest absolute Gasteiger partial charge is 0.208 e. The Bertz CT molecular complexity index is 1120. The number of aliphatic hydroxyl groups is 3. The van der Waals surface area contributed by atoms with Gasteiger partial charge in [-0.1, -0.05) is 33.3 Å². The summed E-state index contributed by atoms with van der Waals surface area (Å²) in [6.45, 7) is 10.5. The molecule has 4 bridgehead atoms. The lowest BCUT2D eigenvalue weighted by molar-refractivity contribution is -0.429. The second-order valence-electron chi connectivity index (χ2n) is 12.7. The zero-order valence-electron chi connectivity index (χ0n) is 20.6. The Morgan fingerprint density at radius 1 is 1.11 bits per heavy atom. The number of aliphatic hydroxyl groups excluding tert-OH is 2. The summed E-state index contributed by atoms with van der Waals surface area (Å²) in [6.07, 6.45) is 4.48. The standard InChI is InChI=1S/C27H36N2O5S/c1-14-15-8-9-17-25-13-34-27(33,26(17,20(14)30)21(15)31)22(32)18(25)24(2,3)12-16-19(25)28-23(35-16)29-10-6-4-5-7-11-29/h15,17-18,21-22,31-33H,1,4-13H2,2-3H3/t15-,17?,18?,21-,22+,25+,26+,27-/m1/s1. The highest BCUT2D eigenvalue weighted by molar-refractivity contribution is 7.15. The molecule has 4 heterocycles. The number of anilines is 1. The van der Waals surface area contributed by atoms with Crippen molar-refractivity contribution in [2.75, 3.05) is 24.6 Å². The van der Waals surface area contributed by atoms with Crippen molar-refractivity contribution in [3.8, 4) is 0 Å². The van der Waals surface area contributed by atoms with E-state index in [1.807, 2.05) is 0 Å². The van der Waals surface area contributed by atoms with Gasteiger partial charge in [-0.15, -0.1) is 11.3 Å². The largest absolute Gasteiger partial charge is 0.391 e. The fourth-order valence-corrected chi connectivity index (χ4v) is 10.9. The minimum Gasteiger partial charge on any atom is -0.391 e. The van der Waals surface area contributed by atoms with E-state index in [0.29, 0.717) is 18.4 Å². The Morgan fingerprint density at radius 3 is 2.54 bits per heavy atom. The second-order valence-corrected chi connectivity index (χ2v) is 13.7. The van der Waals surface area contributed by atoms with Crippen LogP contribution in [0.2, 0.25) is 0 Å². The molecule has 1 aromatic heterocycles. The van der Waals surface area contributed by atoms with Crippen molar-refractivity contribution in [2.24, 2.45) is 28.6 Å². The predicted molar refractivity (Wildman–Crippen MR) is 131 cm³/mol. The van der Waals surface area contributed by atoms with E-state index >= 15 is 0 Å². The van der Waals surface area contributed by atoms with E-state index in [4.69, 9.17) is 9.72 Å². The summed E-state index contributed by atoms with van der Waals surface area (Å²) in [5, 5.41) is 36.5. The number of ketones is 1. The molecule has 3 aliphatic heterocycles. The monoisotopic (exact) mass is 500 g/mol. The van der Waals surface area contributed by atoms with Crippen molar-refractivity contribution >= 4 is 22.3 Å². The molecule has 3 saturated carbocycles. The lowest BCUT2D eigenvalue weighted by Gasteiger charge is -2.73. The zero-order chi connectivity index (χ0) is 24.5. The molecule has 35 heavy (non-hydrogen) atoms. The summed E-state index contributed by atoms with van der Waals surface area (Å²) >= 11 is 1.75. The number of rotatable bonds is 1. The van der Waals surface area contributed by atoms with Crippen molar-refractivity contribution in [1.82, 2.24) is 4.98 Å². The first kappa shape index (κ1) is 22.8. The van der Waals surface area contributed by atoms with Crippen LogP contribution in [0, 0.1) is 28.6 Å². The predicted octanol–water partition coefficient (Wildman–Crippen LogP) is 2.57. The maximum absolute atomic E-state index is 13.9. The van der Waals surface area contributed by atoms with E-state index in [2.05, 4.69) is 25.3 Å². The fraction of sp³-hybridized carbons (Fsp3) is 0.778. The van der Waals surface area contributed by atoms with Gasteiger partial charge in [-0.25, -0.2) is 4.98 Å². The van der Waals surface area contributed by atoms with Crippen LogP contribution in [0.25, 0.3) is 0 Å². The van der Waals surface area contributed by atoms with Gasteiger partial charge < -0.3 is 25.0 Å². The van der Waals surface area contributed by atoms with E-state index < -0.39 is 34.7 Å². The molecule has 8 heteroatoms. The minimum atomic E-state index is -2.13. The summed E-state index contributed by atoms with van der Waals surface area (Å²) in [4.78, 5) is 22.8. The minimum absolute atomic E-state index is 0.203. The normalized spacial score (nSPS) is 47.8. The van der Waals surface area contributed by atoms with Crippen LogP contribution in [0.1, 0.15) is 62.9 Å². The molecule has 3 N–H and O–H groups in total. The number of hydrogen-bond donors (Lipinski definition) is 3. The molecule has 7 aliphatic rings. The number of nitrogens with zero attached hydrogens (tertiary/aromatic N) is 2. The second kappa shape index (κ2) is 6.95. The Balaban J connectivity index is 1.46. The number of thiazole rings is 1. The average molecular weight is 501 g/mol. The van der Waals surface area contributed by atoms with Crippen molar-refractivity contribution in [3.63, 3.8) is 0 Å². The summed E-state index contributed by atoms with van der Waals surface area (Å²) in [7, 11) is 0. The zero-order valence-corrected chi connectivity index (χ0v) is 21.4. The van der Waals surface area contributed by atoms with Gasteiger partial charge in [0.15, 0.2) is 10.9 Å². The van der Waals surface area contributed by atoms with Crippen LogP contribution >= 0.6 is 11.3 Å². The van der Waals surface area contributed by atoms with Crippen LogP contribution in [-0.2, 0) is 21.4 Å². The summed E-state index contributed by atoms with van der Waals surface area (Å²) in [5.74, 6) is -3.55. The van der Waals surface area contributed by atoms with E-state index in [-0.39, 0.29) is 29.6 Å². The van der Waals surface area contributed by atoms with Gasteiger partial charge >= 0.3 is 0 Å². The summed E-state index contributed by atoms with van der Waals surface area (Å²) in [5.41, 5.74) is -1.38. The van der Waals surface area contributed by atoms with Gasteiger partial charge in [0.25, 0.3) is 0 Å². The molecule has 0 amide bonds. The third-order valence-electron chi connectivity index (χ3n) is 10.8. The SMILES string of the molecule is C=C1C(=O)[C@@]23C(CC[C@H]1[C@H]2O)[C@@]12CO[C@]3(O)[C@@H](O)C1C(C)(C)Cc1sc(N3CCCCCC3)nc12. The molecule has 1 aromatic rings. The highest BCUT2D eigenvalue weighted by Crippen LogP contribution is 2.75. The van der Waals surface area contributed by atoms with E-state index in [0.717, 1.165) is 43.2 Å². The molecular formula is C27H36N2O5S. The highest BCUT2D eigenvalue weighted by Gasteiger charge is 2.86. The Hall–Kier alpha value is -1.32. The summed E-state index contributed by atoms with van der Waals surface area (Å²) in [6, 6.07) is 0. The Labute approximate surface area is 210 Å². The first-order valence-electron chi connectivity index (χ1n) is 13.3. The van der Waals surface area contributed by atoms with E-state index in [1.165, 1.54) is 17.7 Å². The maximum atomic E-state index is 13.9. The lowest BCUT2D eigenvalue weighted by Crippen LogP contribution is -2.85. The molecule has 7 nitrogen and oxygen atoms in total. The molecule has 8 atom stereocenters. The lowest BCUT2D eigenvalue weighted by atomic mass is 9.36. The number of carbonyl (C=O) groups excluding carboxylic acids is 1. The van der Waals surface area contributed by atoms with Crippen LogP contribution in [0.5, 0.6) is 0 Å². The number of carbonyl (C=O) groups is 1. The molecule has 0 radical (unpaired) electrons. The average Bonchev–Trinajstić information content (AvgIpc) is 3.09. The topological polar surface area (TPSA) is 103 Å². The van der Waals surface area contributed by atoms with Crippen molar-refractivity contribution in [2.45, 2.75) is 82.2 Å². The molecule has 2 spiro atoms. The highest BCUT2D eigenvalue weighted by atomic mass is 32.1.